The molecule has 0 unspecified atom stereocenters. The van der Waals surface area contributed by atoms with Crippen LogP contribution in [0.4, 0.5) is 0 Å². The first kappa shape index (κ1) is 24.5. The zero-order valence-corrected chi connectivity index (χ0v) is 20.3. The summed E-state index contributed by atoms with van der Waals surface area (Å²) in [7, 11) is 2.10. The number of fused-ring (bicyclic) bond motifs is 1. The molecule has 4 aliphatic rings. The Morgan fingerprint density at radius 2 is 1.97 bits per heavy atom. The first-order valence-electron chi connectivity index (χ1n) is 11.7. The number of carbonyl (C=O) groups is 3. The number of aliphatic hydroxyl groups excluding tert-OH is 2. The van der Waals surface area contributed by atoms with Gasteiger partial charge in [-0.15, -0.1) is 11.8 Å². The minimum absolute atomic E-state index is 0.0322. The number of hydrogen-bond donors (Lipinski definition) is 4. The van der Waals surface area contributed by atoms with E-state index in [1.54, 1.807) is 6.92 Å². The summed E-state index contributed by atoms with van der Waals surface area (Å²) in [5.41, 5.74) is 0.0335. The van der Waals surface area contributed by atoms with Gasteiger partial charge in [0.25, 0.3) is 0 Å². The number of carboxylic acids is 1. The van der Waals surface area contributed by atoms with Crippen molar-refractivity contribution in [1.82, 2.24) is 15.1 Å². The molecule has 33 heavy (non-hydrogen) atoms. The van der Waals surface area contributed by atoms with Crippen molar-refractivity contribution in [2.24, 2.45) is 11.8 Å². The Hall–Kier alpha value is -1.66. The van der Waals surface area contributed by atoms with Gasteiger partial charge < -0.3 is 34.9 Å². The number of hydrogen-bond acceptors (Lipinski definition) is 7. The van der Waals surface area contributed by atoms with Crippen molar-refractivity contribution in [3.8, 4) is 0 Å². The topological polar surface area (TPSA) is 130 Å². The van der Waals surface area contributed by atoms with Crippen LogP contribution in [-0.4, -0.2) is 124 Å². The van der Waals surface area contributed by atoms with E-state index >= 15 is 0 Å². The monoisotopic (exact) mass is 483 g/mol. The third-order valence-electron chi connectivity index (χ3n) is 7.76. The average molecular weight is 484 g/mol. The largest absolute Gasteiger partial charge is 0.477 e. The quantitative estimate of drug-likeness (QED) is 0.265. The van der Waals surface area contributed by atoms with E-state index in [2.05, 4.69) is 12.4 Å². The third-order valence-corrected chi connectivity index (χ3v) is 9.28. The summed E-state index contributed by atoms with van der Waals surface area (Å²) in [6.07, 6.45) is -0.220. The lowest BCUT2D eigenvalue weighted by atomic mass is 9.79. The number of β-lactam (4-membered cyclic amide) rings is 1. The fourth-order valence-electron chi connectivity index (χ4n) is 5.69. The number of thioether (sulfide) groups is 1. The van der Waals surface area contributed by atoms with Crippen molar-refractivity contribution in [2.45, 2.75) is 43.7 Å². The first-order valence-corrected chi connectivity index (χ1v) is 12.6. The summed E-state index contributed by atoms with van der Waals surface area (Å²) < 4.78 is 0.769. The molecule has 0 aromatic rings. The molecule has 4 aliphatic heterocycles. The molecule has 0 aromatic heterocycles. The minimum Gasteiger partial charge on any atom is -0.477 e. The number of aliphatic hydroxyl groups is 2. The van der Waals surface area contributed by atoms with E-state index in [1.165, 1.54) is 16.7 Å². The van der Waals surface area contributed by atoms with Gasteiger partial charge in [0.05, 0.1) is 63.9 Å². The molecule has 10 nitrogen and oxygen atoms in total. The van der Waals surface area contributed by atoms with Crippen molar-refractivity contribution >= 4 is 29.5 Å². The molecule has 2 amide bonds. The molecule has 3 saturated heterocycles. The van der Waals surface area contributed by atoms with Crippen LogP contribution in [0.5, 0.6) is 0 Å². The van der Waals surface area contributed by atoms with Crippen LogP contribution in [0.3, 0.4) is 0 Å². The lowest BCUT2D eigenvalue weighted by molar-refractivity contribution is -0.913. The summed E-state index contributed by atoms with van der Waals surface area (Å²) in [6, 6.07) is -0.621. The van der Waals surface area contributed by atoms with E-state index in [0.29, 0.717) is 37.5 Å². The van der Waals surface area contributed by atoms with E-state index < -0.39 is 18.0 Å². The summed E-state index contributed by atoms with van der Waals surface area (Å²) in [5, 5.41) is 32.4. The number of likely N-dealkylation sites (N-methyl/N-ethyl adjacent to an activating group) is 1. The molecule has 0 radical (unpaired) electrons. The van der Waals surface area contributed by atoms with E-state index in [0.717, 1.165) is 17.6 Å². The zero-order valence-electron chi connectivity index (χ0n) is 19.4. The van der Waals surface area contributed by atoms with Gasteiger partial charge in [-0.25, -0.2) is 4.79 Å². The molecule has 3 fully saturated rings. The molecule has 0 aromatic carbocycles. The Labute approximate surface area is 198 Å². The second-order valence-corrected chi connectivity index (χ2v) is 11.4. The summed E-state index contributed by atoms with van der Waals surface area (Å²) in [5.74, 6) is -2.12. The number of carbonyl (C=O) groups excluding carboxylic acids is 2. The number of rotatable bonds is 7. The Morgan fingerprint density at radius 3 is 2.55 bits per heavy atom. The van der Waals surface area contributed by atoms with Crippen molar-refractivity contribution in [1.29, 1.82) is 0 Å². The predicted octanol–water partition coefficient (Wildman–Crippen LogP) is -1.12. The molecule has 0 aliphatic carbocycles. The molecule has 4 N–H and O–H groups in total. The summed E-state index contributed by atoms with van der Waals surface area (Å²) in [6.45, 7) is 7.87. The fraction of sp³-hybridized carbons (Fsp3) is 0.773. The van der Waals surface area contributed by atoms with Gasteiger partial charge in [-0.1, -0.05) is 6.92 Å². The van der Waals surface area contributed by atoms with Crippen LogP contribution >= 0.6 is 11.8 Å². The SMILES string of the molecule is C[C@@H](O)[C@H]1C(=O)N2C(C(=O)O)=C(S[C@@H]3CN[C@H](C(=O)N4CC[N+](C)(CCO)CC4)C3)[C@H](C)[C@H]12. The predicted molar refractivity (Wildman–Crippen MR) is 122 cm³/mol. The number of aliphatic carboxylic acids is 1. The van der Waals surface area contributed by atoms with Crippen LogP contribution in [0.15, 0.2) is 10.6 Å². The van der Waals surface area contributed by atoms with Gasteiger partial charge in [-0.3, -0.25) is 9.59 Å². The number of piperazine rings is 1. The molecule has 0 bridgehead atoms. The van der Waals surface area contributed by atoms with Gasteiger partial charge >= 0.3 is 5.97 Å². The van der Waals surface area contributed by atoms with Gasteiger partial charge in [0.2, 0.25) is 11.8 Å². The lowest BCUT2D eigenvalue weighted by Crippen LogP contribution is -2.63. The Bertz CT molecular complexity index is 856. The number of nitrogens with one attached hydrogen (secondary N) is 1. The van der Waals surface area contributed by atoms with Crippen LogP contribution in [0.25, 0.3) is 0 Å². The third kappa shape index (κ3) is 4.29. The standard InChI is InChI=1S/C22H34N4O6S/c1-12-17-16(13(2)28)21(30)25(17)18(22(31)32)19(12)33-14-10-15(23-11-14)20(29)24-4-6-26(3,7-5-24)8-9-27/h12-17,23,27-28H,4-11H2,1-3H3/p+1/t12-,13-,14+,15+,16-,17-/m1/s1. The van der Waals surface area contributed by atoms with Gasteiger partial charge in [0, 0.05) is 22.6 Å². The van der Waals surface area contributed by atoms with Gasteiger partial charge in [0.15, 0.2) is 0 Å². The van der Waals surface area contributed by atoms with Gasteiger partial charge in [0.1, 0.15) is 12.2 Å². The number of carboxylic acid groups (broad SMARTS) is 1. The molecule has 11 heteroatoms. The highest BCUT2D eigenvalue weighted by Crippen LogP contribution is 2.51. The molecule has 0 spiro atoms. The highest BCUT2D eigenvalue weighted by Gasteiger charge is 2.60. The van der Waals surface area contributed by atoms with Crippen molar-refractivity contribution in [3.63, 3.8) is 0 Å². The van der Waals surface area contributed by atoms with Crippen molar-refractivity contribution in [3.05, 3.63) is 10.6 Å². The number of amides is 2. The van der Waals surface area contributed by atoms with E-state index in [1.807, 2.05) is 11.8 Å². The Morgan fingerprint density at radius 1 is 1.30 bits per heavy atom. The highest BCUT2D eigenvalue weighted by atomic mass is 32.2. The summed E-state index contributed by atoms with van der Waals surface area (Å²) in [4.78, 5) is 41.5. The molecular weight excluding hydrogens is 448 g/mol. The van der Waals surface area contributed by atoms with E-state index in [9.17, 15) is 29.7 Å². The second-order valence-electron chi connectivity index (χ2n) is 10.0. The van der Waals surface area contributed by atoms with Crippen LogP contribution in [0.1, 0.15) is 20.3 Å². The number of nitrogens with zero attached hydrogens (tertiary/aromatic N) is 3. The van der Waals surface area contributed by atoms with Crippen LogP contribution in [-0.2, 0) is 14.4 Å². The van der Waals surface area contributed by atoms with Crippen LogP contribution < -0.4 is 5.32 Å². The maximum atomic E-state index is 13.1. The molecule has 0 saturated carbocycles. The normalized spacial score (nSPS) is 34.3. The maximum Gasteiger partial charge on any atom is 0.353 e. The van der Waals surface area contributed by atoms with Crippen molar-refractivity contribution in [2.75, 3.05) is 52.9 Å². The van der Waals surface area contributed by atoms with Crippen LogP contribution in [0.2, 0.25) is 0 Å². The second kappa shape index (κ2) is 9.18. The molecule has 6 atom stereocenters. The smallest absolute Gasteiger partial charge is 0.353 e. The van der Waals surface area contributed by atoms with E-state index in [-0.39, 0.29) is 47.4 Å². The zero-order chi connectivity index (χ0) is 24.1. The molecule has 184 valence electrons. The molecule has 4 heterocycles. The number of quaternary nitrogens is 1. The minimum atomic E-state index is -1.12. The Kier molecular flexibility index (Phi) is 6.81. The van der Waals surface area contributed by atoms with Gasteiger partial charge in [-0.2, -0.15) is 0 Å². The van der Waals surface area contributed by atoms with Crippen LogP contribution in [0, 0.1) is 11.8 Å². The van der Waals surface area contributed by atoms with Crippen molar-refractivity contribution < 1.29 is 34.2 Å². The molecular formula is C22H35N4O6S+. The first-order chi connectivity index (χ1) is 15.6. The van der Waals surface area contributed by atoms with Gasteiger partial charge in [-0.05, 0) is 13.3 Å². The maximum absolute atomic E-state index is 13.1. The average Bonchev–Trinajstić information content (AvgIpc) is 3.30. The van der Waals surface area contributed by atoms with E-state index in [4.69, 9.17) is 0 Å². The highest BCUT2D eigenvalue weighted by molar-refractivity contribution is 8.03. The lowest BCUT2D eigenvalue weighted by Gasteiger charge is -2.46. The molecule has 4 rings (SSSR count). The Balaban J connectivity index is 1.39. The summed E-state index contributed by atoms with van der Waals surface area (Å²) >= 11 is 1.46. The fourth-order valence-corrected chi connectivity index (χ4v) is 7.17.